The van der Waals surface area contributed by atoms with Crippen LogP contribution in [-0.2, 0) is 13.1 Å². The Balaban J connectivity index is 1.41. The van der Waals surface area contributed by atoms with Crippen LogP contribution in [0.2, 0.25) is 0 Å². The number of urea groups is 1. The van der Waals surface area contributed by atoms with Crippen LogP contribution >= 0.6 is 0 Å². The number of pyridine rings is 1. The minimum atomic E-state index is -0.302. The Morgan fingerprint density at radius 2 is 2.23 bits per heavy atom. The number of likely N-dealkylation sites (tertiary alicyclic amines) is 1. The van der Waals surface area contributed by atoms with E-state index in [4.69, 9.17) is 4.74 Å². The second-order valence-corrected chi connectivity index (χ2v) is 6.39. The predicted molar refractivity (Wildman–Crippen MR) is 96.2 cm³/mol. The second kappa shape index (κ2) is 8.62. The number of nitrogens with zero attached hydrogens (tertiary/aromatic N) is 2. The lowest BCUT2D eigenvalue weighted by Crippen LogP contribution is -2.43. The number of carbonyl (C=O) groups excluding carboxylic acids is 1. The van der Waals surface area contributed by atoms with Crippen LogP contribution in [0, 0.1) is 5.82 Å². The zero-order chi connectivity index (χ0) is 18.4. The Hall–Kier alpha value is -2.67. The van der Waals surface area contributed by atoms with Gasteiger partial charge in [-0.3, -0.25) is 4.90 Å². The molecule has 1 fully saturated rings. The van der Waals surface area contributed by atoms with Crippen molar-refractivity contribution in [3.05, 3.63) is 59.5 Å². The van der Waals surface area contributed by atoms with E-state index in [2.05, 4.69) is 20.5 Å². The fourth-order valence-electron chi connectivity index (χ4n) is 3.04. The van der Waals surface area contributed by atoms with Crippen LogP contribution in [0.1, 0.15) is 17.5 Å². The van der Waals surface area contributed by atoms with E-state index in [-0.39, 0.29) is 17.9 Å². The number of carbonyl (C=O) groups is 1. The lowest BCUT2D eigenvalue weighted by atomic mass is 10.2. The molecule has 0 saturated carbocycles. The molecule has 2 aromatic rings. The number of rotatable bonds is 6. The van der Waals surface area contributed by atoms with Gasteiger partial charge in [0.2, 0.25) is 5.88 Å². The van der Waals surface area contributed by atoms with Gasteiger partial charge in [0.15, 0.2) is 0 Å². The summed E-state index contributed by atoms with van der Waals surface area (Å²) < 4.78 is 18.2. The van der Waals surface area contributed by atoms with E-state index < -0.39 is 0 Å². The summed E-state index contributed by atoms with van der Waals surface area (Å²) in [5.74, 6) is 0.300. The first-order valence-corrected chi connectivity index (χ1v) is 8.62. The second-order valence-electron chi connectivity index (χ2n) is 6.39. The maximum Gasteiger partial charge on any atom is 0.315 e. The molecule has 1 aromatic carbocycles. The largest absolute Gasteiger partial charge is 0.481 e. The molecule has 7 heteroatoms. The highest BCUT2D eigenvalue weighted by atomic mass is 19.1. The van der Waals surface area contributed by atoms with Crippen LogP contribution in [0.3, 0.4) is 0 Å². The Morgan fingerprint density at radius 3 is 2.96 bits per heavy atom. The number of hydrogen-bond donors (Lipinski definition) is 2. The Labute approximate surface area is 152 Å². The van der Waals surface area contributed by atoms with Crippen molar-refractivity contribution >= 4 is 6.03 Å². The lowest BCUT2D eigenvalue weighted by molar-refractivity contribution is 0.235. The summed E-state index contributed by atoms with van der Waals surface area (Å²) in [6, 6.07) is 9.94. The standard InChI is InChI=1S/C19H23FN4O2/c1-26-18-6-5-15(11-21-18)12-24-8-7-17(13-24)23-19(25)22-10-14-3-2-4-16(20)9-14/h2-6,9,11,17H,7-8,10,12-13H2,1H3,(H2,22,23,25)/t17-/m0/s1. The molecule has 1 aromatic heterocycles. The number of benzene rings is 1. The quantitative estimate of drug-likeness (QED) is 0.832. The summed E-state index contributed by atoms with van der Waals surface area (Å²) in [5, 5.41) is 5.75. The molecule has 1 aliphatic rings. The molecule has 1 saturated heterocycles. The summed E-state index contributed by atoms with van der Waals surface area (Å²) in [6.07, 6.45) is 2.71. The van der Waals surface area contributed by atoms with Gasteiger partial charge in [-0.05, 0) is 29.7 Å². The highest BCUT2D eigenvalue weighted by Gasteiger charge is 2.23. The van der Waals surface area contributed by atoms with E-state index in [1.807, 2.05) is 18.3 Å². The topological polar surface area (TPSA) is 66.5 Å². The molecule has 26 heavy (non-hydrogen) atoms. The van der Waals surface area contributed by atoms with Crippen molar-refractivity contribution in [2.45, 2.75) is 25.6 Å². The predicted octanol–water partition coefficient (Wildman–Crippen LogP) is 2.30. The van der Waals surface area contributed by atoms with Crippen LogP contribution in [0.5, 0.6) is 5.88 Å². The Bertz CT molecular complexity index is 739. The summed E-state index contributed by atoms with van der Waals surface area (Å²) in [4.78, 5) is 18.5. The number of methoxy groups -OCH3 is 1. The van der Waals surface area contributed by atoms with Gasteiger partial charge in [-0.15, -0.1) is 0 Å². The molecule has 0 unspecified atom stereocenters. The van der Waals surface area contributed by atoms with Crippen molar-refractivity contribution in [2.75, 3.05) is 20.2 Å². The molecule has 0 bridgehead atoms. The van der Waals surface area contributed by atoms with Crippen LogP contribution in [0.4, 0.5) is 9.18 Å². The van der Waals surface area contributed by atoms with E-state index in [9.17, 15) is 9.18 Å². The van der Waals surface area contributed by atoms with E-state index in [1.54, 1.807) is 19.2 Å². The molecule has 0 radical (unpaired) electrons. The van der Waals surface area contributed by atoms with Crippen molar-refractivity contribution < 1.29 is 13.9 Å². The van der Waals surface area contributed by atoms with Gasteiger partial charge in [0.25, 0.3) is 0 Å². The van der Waals surface area contributed by atoms with E-state index in [1.165, 1.54) is 12.1 Å². The maximum absolute atomic E-state index is 13.1. The van der Waals surface area contributed by atoms with Gasteiger partial charge in [-0.2, -0.15) is 0 Å². The smallest absolute Gasteiger partial charge is 0.315 e. The zero-order valence-electron chi connectivity index (χ0n) is 14.7. The number of ether oxygens (including phenoxy) is 1. The molecule has 2 amide bonds. The fraction of sp³-hybridized carbons (Fsp3) is 0.368. The first kappa shape index (κ1) is 18.1. The Kier molecular flexibility index (Phi) is 6.01. The molecule has 2 heterocycles. The summed E-state index contributed by atoms with van der Waals surface area (Å²) in [6.45, 7) is 2.80. The molecule has 1 aliphatic heterocycles. The van der Waals surface area contributed by atoms with E-state index >= 15 is 0 Å². The van der Waals surface area contributed by atoms with Crippen molar-refractivity contribution in [3.8, 4) is 5.88 Å². The highest BCUT2D eigenvalue weighted by Crippen LogP contribution is 2.14. The normalized spacial score (nSPS) is 17.1. The van der Waals surface area contributed by atoms with Gasteiger partial charge in [0.1, 0.15) is 5.82 Å². The summed E-state index contributed by atoms with van der Waals surface area (Å²) >= 11 is 0. The molecular formula is C19H23FN4O2. The molecule has 0 aliphatic carbocycles. The van der Waals surface area contributed by atoms with Gasteiger partial charge in [-0.1, -0.05) is 18.2 Å². The third-order valence-electron chi connectivity index (χ3n) is 4.36. The van der Waals surface area contributed by atoms with Crippen LogP contribution in [-0.4, -0.2) is 42.2 Å². The maximum atomic E-state index is 13.1. The number of hydrogen-bond acceptors (Lipinski definition) is 4. The monoisotopic (exact) mass is 358 g/mol. The molecule has 0 spiro atoms. The molecule has 3 rings (SSSR count). The van der Waals surface area contributed by atoms with E-state index in [0.717, 1.165) is 37.2 Å². The van der Waals surface area contributed by atoms with Crippen LogP contribution in [0.15, 0.2) is 42.6 Å². The highest BCUT2D eigenvalue weighted by molar-refractivity contribution is 5.74. The fourth-order valence-corrected chi connectivity index (χ4v) is 3.04. The molecule has 138 valence electrons. The Morgan fingerprint density at radius 1 is 1.35 bits per heavy atom. The lowest BCUT2D eigenvalue weighted by Gasteiger charge is -2.17. The number of amides is 2. The first-order chi connectivity index (χ1) is 12.6. The van der Waals surface area contributed by atoms with Crippen molar-refractivity contribution in [2.24, 2.45) is 0 Å². The average molecular weight is 358 g/mol. The first-order valence-electron chi connectivity index (χ1n) is 8.62. The molecule has 6 nitrogen and oxygen atoms in total. The van der Waals surface area contributed by atoms with Gasteiger partial charge in [0, 0.05) is 44.5 Å². The third kappa shape index (κ3) is 5.16. The van der Waals surface area contributed by atoms with E-state index in [0.29, 0.717) is 12.4 Å². The molecule has 2 N–H and O–H groups in total. The van der Waals surface area contributed by atoms with Crippen molar-refractivity contribution in [3.63, 3.8) is 0 Å². The number of halogens is 1. The van der Waals surface area contributed by atoms with Gasteiger partial charge < -0.3 is 15.4 Å². The average Bonchev–Trinajstić information content (AvgIpc) is 3.07. The zero-order valence-corrected chi connectivity index (χ0v) is 14.7. The minimum absolute atomic E-state index is 0.105. The van der Waals surface area contributed by atoms with Crippen molar-refractivity contribution in [1.29, 1.82) is 0 Å². The number of nitrogens with one attached hydrogen (secondary N) is 2. The van der Waals surface area contributed by atoms with Gasteiger partial charge in [-0.25, -0.2) is 14.2 Å². The minimum Gasteiger partial charge on any atom is -0.481 e. The summed E-state index contributed by atoms with van der Waals surface area (Å²) in [5.41, 5.74) is 1.85. The molecule has 1 atom stereocenters. The third-order valence-corrected chi connectivity index (χ3v) is 4.36. The van der Waals surface area contributed by atoms with Crippen LogP contribution in [0.25, 0.3) is 0 Å². The van der Waals surface area contributed by atoms with Gasteiger partial charge in [0.05, 0.1) is 7.11 Å². The van der Waals surface area contributed by atoms with Crippen molar-refractivity contribution in [1.82, 2.24) is 20.5 Å². The van der Waals surface area contributed by atoms with Crippen LogP contribution < -0.4 is 15.4 Å². The SMILES string of the molecule is COc1ccc(CN2CC[C@H](NC(=O)NCc3cccc(F)c3)C2)cn1. The summed E-state index contributed by atoms with van der Waals surface area (Å²) in [7, 11) is 1.60. The molecular weight excluding hydrogens is 335 g/mol. The van der Waals surface area contributed by atoms with Gasteiger partial charge >= 0.3 is 6.03 Å². The number of aromatic nitrogens is 1.